The maximum Gasteiger partial charge on any atom is 0.225 e. The molecule has 2 aromatic carbocycles. The Morgan fingerprint density at radius 3 is 2.76 bits per heavy atom. The number of nitrogens with zero attached hydrogens (tertiary/aromatic N) is 4. The molecule has 1 saturated heterocycles. The standard InChI is InChI=1S/C23H20ClF3N6/c24-16-2-1-3-17(26)20(16)22-31-19-11-30-23(29-10-14-4-5-15(25)8-18(14)27)32-21(19)33(22)12-13-6-7-28-9-13/h1-5,8,11,13,28H,6-7,9-10,12H2,(H,29,30,32)/t13-/m1/s1. The summed E-state index contributed by atoms with van der Waals surface area (Å²) in [6.07, 6.45) is 2.51. The molecule has 170 valence electrons. The van der Waals surface area contributed by atoms with Crippen molar-refractivity contribution in [2.45, 2.75) is 19.5 Å². The molecule has 2 aromatic heterocycles. The highest BCUT2D eigenvalue weighted by atomic mass is 35.5. The van der Waals surface area contributed by atoms with Gasteiger partial charge in [-0.3, -0.25) is 0 Å². The van der Waals surface area contributed by atoms with Crippen molar-refractivity contribution in [1.82, 2.24) is 24.8 Å². The quantitative estimate of drug-likeness (QED) is 0.422. The van der Waals surface area contributed by atoms with Crippen LogP contribution in [0.15, 0.2) is 42.6 Å². The summed E-state index contributed by atoms with van der Waals surface area (Å²) in [5, 5.41) is 6.56. The summed E-state index contributed by atoms with van der Waals surface area (Å²) in [6.45, 7) is 2.40. The highest BCUT2D eigenvalue weighted by Gasteiger charge is 2.24. The van der Waals surface area contributed by atoms with E-state index in [1.54, 1.807) is 12.1 Å². The normalized spacial score (nSPS) is 15.9. The molecule has 1 atom stereocenters. The zero-order chi connectivity index (χ0) is 22.9. The van der Waals surface area contributed by atoms with Gasteiger partial charge >= 0.3 is 0 Å². The number of fused-ring (bicyclic) bond motifs is 1. The maximum absolute atomic E-state index is 14.8. The zero-order valence-corrected chi connectivity index (χ0v) is 18.2. The Morgan fingerprint density at radius 1 is 1.12 bits per heavy atom. The fourth-order valence-electron chi connectivity index (χ4n) is 4.05. The molecule has 10 heteroatoms. The van der Waals surface area contributed by atoms with E-state index in [1.165, 1.54) is 24.4 Å². The second kappa shape index (κ2) is 8.99. The Bertz CT molecular complexity index is 1300. The summed E-state index contributed by atoms with van der Waals surface area (Å²) in [6, 6.07) is 7.90. The number of hydrogen-bond acceptors (Lipinski definition) is 5. The van der Waals surface area contributed by atoms with E-state index in [2.05, 4.69) is 25.6 Å². The van der Waals surface area contributed by atoms with Crippen LogP contribution in [-0.2, 0) is 13.1 Å². The van der Waals surface area contributed by atoms with Gasteiger partial charge in [-0.1, -0.05) is 23.7 Å². The largest absolute Gasteiger partial charge is 0.350 e. The number of rotatable bonds is 6. The first-order valence-electron chi connectivity index (χ1n) is 10.6. The van der Waals surface area contributed by atoms with Crippen LogP contribution in [0.5, 0.6) is 0 Å². The number of benzene rings is 2. The van der Waals surface area contributed by atoms with Crippen LogP contribution in [0.2, 0.25) is 5.02 Å². The predicted octanol–water partition coefficient (Wildman–Crippen LogP) is 4.79. The molecule has 1 fully saturated rings. The van der Waals surface area contributed by atoms with Gasteiger partial charge in [0.05, 0.1) is 16.8 Å². The van der Waals surface area contributed by atoms with Gasteiger partial charge in [0.2, 0.25) is 5.95 Å². The van der Waals surface area contributed by atoms with E-state index in [0.29, 0.717) is 29.5 Å². The minimum atomic E-state index is -0.654. The fraction of sp³-hybridized carbons (Fsp3) is 0.261. The molecule has 3 heterocycles. The number of halogens is 4. The molecule has 1 aliphatic rings. The second-order valence-corrected chi connectivity index (χ2v) is 8.40. The van der Waals surface area contributed by atoms with Crippen molar-refractivity contribution in [3.05, 3.63) is 70.6 Å². The van der Waals surface area contributed by atoms with E-state index >= 15 is 0 Å². The van der Waals surface area contributed by atoms with Gasteiger partial charge in [0.1, 0.15) is 28.8 Å². The molecule has 6 nitrogen and oxygen atoms in total. The van der Waals surface area contributed by atoms with E-state index in [4.69, 9.17) is 11.6 Å². The van der Waals surface area contributed by atoms with E-state index in [0.717, 1.165) is 25.6 Å². The summed E-state index contributed by atoms with van der Waals surface area (Å²) < 4.78 is 43.8. The van der Waals surface area contributed by atoms with E-state index in [9.17, 15) is 13.2 Å². The van der Waals surface area contributed by atoms with Crippen molar-refractivity contribution in [3.63, 3.8) is 0 Å². The molecule has 0 spiro atoms. The Labute approximate surface area is 192 Å². The Morgan fingerprint density at radius 2 is 2.00 bits per heavy atom. The molecule has 5 rings (SSSR count). The molecule has 0 bridgehead atoms. The van der Waals surface area contributed by atoms with E-state index < -0.39 is 17.5 Å². The van der Waals surface area contributed by atoms with Crippen molar-refractivity contribution in [3.8, 4) is 11.4 Å². The first-order valence-corrected chi connectivity index (χ1v) is 10.9. The van der Waals surface area contributed by atoms with Crippen LogP contribution in [0.3, 0.4) is 0 Å². The van der Waals surface area contributed by atoms with Crippen molar-refractivity contribution in [2.75, 3.05) is 18.4 Å². The number of aromatic nitrogens is 4. The van der Waals surface area contributed by atoms with Crippen molar-refractivity contribution in [2.24, 2.45) is 5.92 Å². The first-order chi connectivity index (χ1) is 16.0. The van der Waals surface area contributed by atoms with Gasteiger partial charge in [-0.15, -0.1) is 0 Å². The minimum Gasteiger partial charge on any atom is -0.350 e. The number of imidazole rings is 1. The lowest BCUT2D eigenvalue weighted by Crippen LogP contribution is -2.16. The smallest absolute Gasteiger partial charge is 0.225 e. The summed E-state index contributed by atoms with van der Waals surface area (Å²) >= 11 is 6.34. The average molecular weight is 473 g/mol. The zero-order valence-electron chi connectivity index (χ0n) is 17.5. The fourth-order valence-corrected chi connectivity index (χ4v) is 4.29. The highest BCUT2D eigenvalue weighted by molar-refractivity contribution is 6.33. The third-order valence-electron chi connectivity index (χ3n) is 5.73. The van der Waals surface area contributed by atoms with Gasteiger partial charge in [0, 0.05) is 24.7 Å². The topological polar surface area (TPSA) is 67.7 Å². The van der Waals surface area contributed by atoms with Crippen molar-refractivity contribution in [1.29, 1.82) is 0 Å². The van der Waals surface area contributed by atoms with Crippen LogP contribution in [0, 0.1) is 23.4 Å². The molecular weight excluding hydrogens is 453 g/mol. The lowest BCUT2D eigenvalue weighted by Gasteiger charge is -2.14. The van der Waals surface area contributed by atoms with Crippen LogP contribution in [0.25, 0.3) is 22.6 Å². The molecule has 0 aliphatic carbocycles. The maximum atomic E-state index is 14.8. The average Bonchev–Trinajstić information content (AvgIpc) is 3.42. The Balaban J connectivity index is 1.54. The molecular formula is C23H20ClF3N6. The van der Waals surface area contributed by atoms with Crippen LogP contribution >= 0.6 is 11.6 Å². The summed E-state index contributed by atoms with van der Waals surface area (Å²) in [5.41, 5.74) is 1.51. The van der Waals surface area contributed by atoms with Crippen molar-refractivity contribution >= 4 is 28.7 Å². The number of anilines is 1. The van der Waals surface area contributed by atoms with Crippen LogP contribution in [0.4, 0.5) is 19.1 Å². The summed E-state index contributed by atoms with van der Waals surface area (Å²) in [4.78, 5) is 13.4. The van der Waals surface area contributed by atoms with Gasteiger partial charge in [0.25, 0.3) is 0 Å². The van der Waals surface area contributed by atoms with Crippen LogP contribution < -0.4 is 10.6 Å². The van der Waals surface area contributed by atoms with Gasteiger partial charge < -0.3 is 15.2 Å². The van der Waals surface area contributed by atoms with Crippen LogP contribution in [-0.4, -0.2) is 32.6 Å². The lowest BCUT2D eigenvalue weighted by atomic mass is 10.1. The molecule has 33 heavy (non-hydrogen) atoms. The monoisotopic (exact) mass is 472 g/mol. The molecule has 0 saturated carbocycles. The lowest BCUT2D eigenvalue weighted by molar-refractivity contribution is 0.489. The third-order valence-corrected chi connectivity index (χ3v) is 6.04. The van der Waals surface area contributed by atoms with Gasteiger partial charge in [-0.2, -0.15) is 4.98 Å². The van der Waals surface area contributed by atoms with Gasteiger partial charge in [-0.25, -0.2) is 23.1 Å². The molecule has 4 aromatic rings. The highest BCUT2D eigenvalue weighted by Crippen LogP contribution is 2.33. The van der Waals surface area contributed by atoms with Crippen molar-refractivity contribution < 1.29 is 13.2 Å². The Hall–Kier alpha value is -3.17. The Kier molecular flexibility index (Phi) is 5.90. The predicted molar refractivity (Wildman–Crippen MR) is 120 cm³/mol. The van der Waals surface area contributed by atoms with Gasteiger partial charge in [0.15, 0.2) is 5.65 Å². The van der Waals surface area contributed by atoms with E-state index in [-0.39, 0.29) is 28.6 Å². The minimum absolute atomic E-state index is 0.0737. The second-order valence-electron chi connectivity index (χ2n) is 7.99. The molecule has 2 N–H and O–H groups in total. The number of nitrogens with one attached hydrogen (secondary N) is 2. The summed E-state index contributed by atoms with van der Waals surface area (Å²) in [5.74, 6) is -0.801. The molecule has 1 aliphatic heterocycles. The summed E-state index contributed by atoms with van der Waals surface area (Å²) in [7, 11) is 0. The number of hydrogen-bond donors (Lipinski definition) is 2. The molecule has 0 unspecified atom stereocenters. The molecule has 0 radical (unpaired) electrons. The molecule has 0 amide bonds. The van der Waals surface area contributed by atoms with Gasteiger partial charge in [-0.05, 0) is 43.6 Å². The van der Waals surface area contributed by atoms with E-state index in [1.807, 2.05) is 4.57 Å². The SMILES string of the molecule is Fc1ccc(CNc2ncc3nc(-c4c(F)cccc4Cl)n(C[C@@H]4CCNC4)c3n2)c(F)c1. The van der Waals surface area contributed by atoms with Crippen LogP contribution in [0.1, 0.15) is 12.0 Å². The third kappa shape index (κ3) is 4.38. The first kappa shape index (κ1) is 21.7.